The maximum Gasteiger partial charge on any atom is 0.168 e. The maximum absolute atomic E-state index is 11.2. The van der Waals surface area contributed by atoms with Gasteiger partial charge in [-0.3, -0.25) is 0 Å². The van der Waals surface area contributed by atoms with Crippen molar-refractivity contribution in [3.63, 3.8) is 0 Å². The summed E-state index contributed by atoms with van der Waals surface area (Å²) in [5.41, 5.74) is 0.522. The Morgan fingerprint density at radius 1 is 1.43 bits per heavy atom. The standard InChI is InChI=1S/C9H11ClO3S/c1-13-8-5-3-4-7(6-8)9(10)14(2,11)12/h3-6,9H,1-2H3. The van der Waals surface area contributed by atoms with E-state index in [0.717, 1.165) is 6.26 Å². The third-order valence-corrected chi connectivity index (χ3v) is 3.98. The van der Waals surface area contributed by atoms with Gasteiger partial charge in [0, 0.05) is 6.26 Å². The van der Waals surface area contributed by atoms with Crippen LogP contribution < -0.4 is 4.74 Å². The van der Waals surface area contributed by atoms with Crippen LogP contribution in [-0.2, 0) is 9.84 Å². The van der Waals surface area contributed by atoms with Gasteiger partial charge in [-0.25, -0.2) is 8.42 Å². The molecule has 0 amide bonds. The Morgan fingerprint density at radius 2 is 2.07 bits per heavy atom. The fourth-order valence-corrected chi connectivity index (χ4v) is 1.81. The van der Waals surface area contributed by atoms with Crippen molar-refractivity contribution < 1.29 is 13.2 Å². The molecule has 1 atom stereocenters. The number of sulfone groups is 1. The molecule has 0 N–H and O–H groups in total. The molecule has 0 aliphatic heterocycles. The molecule has 0 fully saturated rings. The molecule has 0 heterocycles. The lowest BCUT2D eigenvalue weighted by molar-refractivity contribution is 0.414. The number of hydrogen-bond acceptors (Lipinski definition) is 3. The summed E-state index contributed by atoms with van der Waals surface area (Å²) >= 11 is 5.77. The minimum absolute atomic E-state index is 0.522. The van der Waals surface area contributed by atoms with E-state index in [2.05, 4.69) is 0 Å². The smallest absolute Gasteiger partial charge is 0.168 e. The van der Waals surface area contributed by atoms with Gasteiger partial charge in [0.1, 0.15) is 5.75 Å². The summed E-state index contributed by atoms with van der Waals surface area (Å²) in [5.74, 6) is 0.594. The van der Waals surface area contributed by atoms with Crippen LogP contribution in [0.5, 0.6) is 5.75 Å². The highest BCUT2D eigenvalue weighted by Crippen LogP contribution is 2.28. The molecule has 0 radical (unpaired) electrons. The first-order chi connectivity index (χ1) is 6.45. The Labute approximate surface area is 88.6 Å². The predicted molar refractivity (Wildman–Crippen MR) is 56.4 cm³/mol. The molecule has 3 nitrogen and oxygen atoms in total. The zero-order chi connectivity index (χ0) is 10.8. The van der Waals surface area contributed by atoms with Gasteiger partial charge < -0.3 is 4.74 Å². The van der Waals surface area contributed by atoms with Crippen molar-refractivity contribution >= 4 is 21.4 Å². The van der Waals surface area contributed by atoms with E-state index >= 15 is 0 Å². The van der Waals surface area contributed by atoms with E-state index in [1.54, 1.807) is 24.3 Å². The van der Waals surface area contributed by atoms with Gasteiger partial charge in [-0.05, 0) is 17.7 Å². The number of benzene rings is 1. The van der Waals surface area contributed by atoms with Crippen LogP contribution >= 0.6 is 11.6 Å². The molecule has 5 heteroatoms. The molecule has 1 aromatic rings. The normalized spacial score (nSPS) is 13.6. The Hall–Kier alpha value is -0.740. The van der Waals surface area contributed by atoms with E-state index in [9.17, 15) is 8.42 Å². The van der Waals surface area contributed by atoms with Crippen LogP contribution in [0.3, 0.4) is 0 Å². The van der Waals surface area contributed by atoms with Crippen molar-refractivity contribution in [1.29, 1.82) is 0 Å². The van der Waals surface area contributed by atoms with Crippen LogP contribution in [0.25, 0.3) is 0 Å². The lowest BCUT2D eigenvalue weighted by Gasteiger charge is -2.08. The fraction of sp³-hybridized carbons (Fsp3) is 0.333. The summed E-state index contributed by atoms with van der Waals surface area (Å²) < 4.78 is 26.3. The molecule has 1 aromatic carbocycles. The second-order valence-electron chi connectivity index (χ2n) is 2.92. The van der Waals surface area contributed by atoms with Gasteiger partial charge >= 0.3 is 0 Å². The summed E-state index contributed by atoms with van der Waals surface area (Å²) in [6, 6.07) is 6.70. The summed E-state index contributed by atoms with van der Waals surface area (Å²) in [6.07, 6.45) is 1.10. The van der Waals surface area contributed by atoms with E-state index in [1.165, 1.54) is 7.11 Å². The topological polar surface area (TPSA) is 43.4 Å². The molecular formula is C9H11ClO3S. The summed E-state index contributed by atoms with van der Waals surface area (Å²) in [7, 11) is -1.75. The summed E-state index contributed by atoms with van der Waals surface area (Å²) in [5, 5.41) is 0. The molecule has 1 unspecified atom stereocenters. The van der Waals surface area contributed by atoms with Crippen molar-refractivity contribution in [2.24, 2.45) is 0 Å². The third kappa shape index (κ3) is 2.62. The van der Waals surface area contributed by atoms with Gasteiger partial charge in [-0.1, -0.05) is 12.1 Å². The highest BCUT2D eigenvalue weighted by molar-refractivity contribution is 7.92. The SMILES string of the molecule is COc1cccc(C(Cl)S(C)(=O)=O)c1. The fourth-order valence-electron chi connectivity index (χ4n) is 1.03. The average molecular weight is 235 g/mol. The minimum atomic E-state index is -3.27. The van der Waals surface area contributed by atoms with Crippen molar-refractivity contribution in [2.45, 2.75) is 4.71 Å². The zero-order valence-corrected chi connectivity index (χ0v) is 9.47. The van der Waals surface area contributed by atoms with Crippen molar-refractivity contribution in [1.82, 2.24) is 0 Å². The van der Waals surface area contributed by atoms with Gasteiger partial charge in [0.2, 0.25) is 0 Å². The van der Waals surface area contributed by atoms with Gasteiger partial charge in [0.25, 0.3) is 0 Å². The first-order valence-electron chi connectivity index (χ1n) is 3.92. The third-order valence-electron chi connectivity index (χ3n) is 1.73. The van der Waals surface area contributed by atoms with Gasteiger partial charge in [0.15, 0.2) is 14.5 Å². The van der Waals surface area contributed by atoms with Crippen molar-refractivity contribution in [2.75, 3.05) is 13.4 Å². The number of alkyl halides is 1. The van der Waals surface area contributed by atoms with Crippen molar-refractivity contribution in [3.8, 4) is 5.75 Å². The number of rotatable bonds is 3. The second kappa shape index (κ2) is 4.19. The molecule has 0 aliphatic carbocycles. The molecule has 14 heavy (non-hydrogen) atoms. The van der Waals surface area contributed by atoms with Crippen LogP contribution in [0, 0.1) is 0 Å². The highest BCUT2D eigenvalue weighted by Gasteiger charge is 2.19. The second-order valence-corrected chi connectivity index (χ2v) is 5.75. The van der Waals surface area contributed by atoms with E-state index in [0.29, 0.717) is 11.3 Å². The van der Waals surface area contributed by atoms with E-state index < -0.39 is 14.5 Å². The van der Waals surface area contributed by atoms with Crippen LogP contribution in [0.2, 0.25) is 0 Å². The highest BCUT2D eigenvalue weighted by atomic mass is 35.5. The van der Waals surface area contributed by atoms with E-state index in [-0.39, 0.29) is 0 Å². The van der Waals surface area contributed by atoms with Gasteiger partial charge in [-0.15, -0.1) is 11.6 Å². The van der Waals surface area contributed by atoms with Crippen LogP contribution in [-0.4, -0.2) is 21.8 Å². The van der Waals surface area contributed by atoms with Gasteiger partial charge in [-0.2, -0.15) is 0 Å². The molecule has 0 saturated heterocycles. The minimum Gasteiger partial charge on any atom is -0.497 e. The first kappa shape index (κ1) is 11.3. The molecule has 0 aromatic heterocycles. The Bertz CT molecular complexity index is 414. The number of halogens is 1. The quantitative estimate of drug-likeness (QED) is 0.752. The molecular weight excluding hydrogens is 224 g/mol. The number of hydrogen-bond donors (Lipinski definition) is 0. The summed E-state index contributed by atoms with van der Waals surface area (Å²) in [6.45, 7) is 0. The van der Waals surface area contributed by atoms with Crippen LogP contribution in [0.1, 0.15) is 10.3 Å². The molecule has 0 bridgehead atoms. The first-order valence-corrected chi connectivity index (χ1v) is 6.31. The molecule has 0 saturated carbocycles. The van der Waals surface area contributed by atoms with Crippen LogP contribution in [0.15, 0.2) is 24.3 Å². The lowest BCUT2D eigenvalue weighted by atomic mass is 10.2. The van der Waals surface area contributed by atoms with E-state index in [4.69, 9.17) is 16.3 Å². The Morgan fingerprint density at radius 3 is 2.57 bits per heavy atom. The average Bonchev–Trinajstić information content (AvgIpc) is 2.15. The largest absolute Gasteiger partial charge is 0.497 e. The van der Waals surface area contributed by atoms with Crippen LogP contribution in [0.4, 0.5) is 0 Å². The number of ether oxygens (including phenoxy) is 1. The predicted octanol–water partition coefficient (Wildman–Crippen LogP) is 1.98. The monoisotopic (exact) mass is 234 g/mol. The molecule has 78 valence electrons. The lowest BCUT2D eigenvalue weighted by Crippen LogP contribution is -2.05. The molecule has 1 rings (SSSR count). The Balaban J connectivity index is 3.08. The summed E-state index contributed by atoms with van der Waals surface area (Å²) in [4.78, 5) is 0. The van der Waals surface area contributed by atoms with Gasteiger partial charge in [0.05, 0.1) is 7.11 Å². The maximum atomic E-state index is 11.2. The number of methoxy groups -OCH3 is 1. The van der Waals surface area contributed by atoms with E-state index in [1.807, 2.05) is 0 Å². The molecule has 0 spiro atoms. The van der Waals surface area contributed by atoms with Crippen molar-refractivity contribution in [3.05, 3.63) is 29.8 Å². The Kier molecular flexibility index (Phi) is 3.39. The zero-order valence-electron chi connectivity index (χ0n) is 7.90. The molecule has 0 aliphatic rings.